The van der Waals surface area contributed by atoms with Gasteiger partial charge in [0, 0.05) is 16.2 Å². The Labute approximate surface area is 167 Å². The Hall–Kier alpha value is -2.99. The van der Waals surface area contributed by atoms with Crippen molar-refractivity contribution in [1.82, 2.24) is 0 Å². The second kappa shape index (κ2) is 9.28. The Morgan fingerprint density at radius 3 is 2.64 bits per heavy atom. The number of hydrogen-bond donors (Lipinski definition) is 1. The Morgan fingerprint density at radius 2 is 2.00 bits per heavy atom. The van der Waals surface area contributed by atoms with Crippen LogP contribution >= 0.6 is 15.9 Å². The summed E-state index contributed by atoms with van der Waals surface area (Å²) in [7, 11) is 1.43. The van der Waals surface area contributed by atoms with Crippen LogP contribution in [0.4, 0.5) is 18.9 Å². The quantitative estimate of drug-likeness (QED) is 0.621. The molecule has 0 radical (unpaired) electrons. The van der Waals surface area contributed by atoms with Crippen LogP contribution in [0.5, 0.6) is 11.5 Å². The predicted molar refractivity (Wildman–Crippen MR) is 101 cm³/mol. The van der Waals surface area contributed by atoms with Crippen LogP contribution in [0.3, 0.4) is 0 Å². The van der Waals surface area contributed by atoms with Gasteiger partial charge in [0.25, 0.3) is 0 Å². The molecule has 1 N–H and O–H groups in total. The first-order valence-corrected chi connectivity index (χ1v) is 8.57. The molecule has 0 unspecified atom stereocenters. The zero-order valence-corrected chi connectivity index (χ0v) is 16.1. The van der Waals surface area contributed by atoms with Gasteiger partial charge in [0.15, 0.2) is 18.1 Å². The maximum atomic E-state index is 12.9. The second-order valence-electron chi connectivity index (χ2n) is 5.37. The van der Waals surface area contributed by atoms with E-state index in [-0.39, 0.29) is 16.8 Å². The maximum Gasteiger partial charge on any atom is 0.417 e. The van der Waals surface area contributed by atoms with E-state index in [0.717, 1.165) is 6.07 Å². The molecule has 0 bridgehead atoms. The number of ether oxygens (including phenoxy) is 2. The summed E-state index contributed by atoms with van der Waals surface area (Å²) in [4.78, 5) is 12.0. The van der Waals surface area contributed by atoms with Crippen LogP contribution in [0.2, 0.25) is 0 Å². The van der Waals surface area contributed by atoms with Crippen molar-refractivity contribution in [1.29, 1.82) is 5.26 Å². The Bertz CT molecular complexity index is 937. The highest BCUT2D eigenvalue weighted by atomic mass is 79.9. The summed E-state index contributed by atoms with van der Waals surface area (Å²) < 4.78 is 49.0. The lowest BCUT2D eigenvalue weighted by Gasteiger charge is -2.11. The van der Waals surface area contributed by atoms with Crippen molar-refractivity contribution in [2.45, 2.75) is 6.18 Å². The monoisotopic (exact) mass is 454 g/mol. The number of methoxy groups -OCH3 is 1. The van der Waals surface area contributed by atoms with Crippen molar-refractivity contribution in [2.24, 2.45) is 0 Å². The van der Waals surface area contributed by atoms with Crippen molar-refractivity contribution in [2.75, 3.05) is 19.0 Å². The predicted octanol–water partition coefficient (Wildman–Crippen LogP) is 5.03. The molecule has 0 aromatic heterocycles. The molecule has 0 aliphatic carbocycles. The number of amides is 1. The molecule has 2 rings (SSSR count). The van der Waals surface area contributed by atoms with E-state index in [4.69, 9.17) is 14.7 Å². The summed E-state index contributed by atoms with van der Waals surface area (Å²) in [5, 5.41) is 10.9. The molecule has 0 aliphatic heterocycles. The van der Waals surface area contributed by atoms with Crippen LogP contribution in [0, 0.1) is 11.3 Å². The molecular weight excluding hydrogens is 441 g/mol. The molecule has 1 amide bonds. The van der Waals surface area contributed by atoms with Crippen molar-refractivity contribution < 1.29 is 27.4 Å². The molecule has 0 fully saturated rings. The summed E-state index contributed by atoms with van der Waals surface area (Å²) in [5.74, 6) is 0.153. The van der Waals surface area contributed by atoms with Crippen LogP contribution in [-0.2, 0) is 11.0 Å². The maximum absolute atomic E-state index is 12.9. The molecule has 9 heteroatoms. The third-order valence-corrected chi connectivity index (χ3v) is 4.14. The highest BCUT2D eigenvalue weighted by Gasteiger charge is 2.33. The first-order chi connectivity index (χ1) is 13.2. The fraction of sp³-hybridized carbons (Fsp3) is 0.158. The summed E-state index contributed by atoms with van der Waals surface area (Å²) in [6.45, 7) is -0.138. The van der Waals surface area contributed by atoms with Gasteiger partial charge in [-0.2, -0.15) is 18.4 Å². The largest absolute Gasteiger partial charge is 0.493 e. The number of rotatable bonds is 6. The molecule has 0 spiro atoms. The zero-order valence-electron chi connectivity index (χ0n) is 14.5. The van der Waals surface area contributed by atoms with Crippen molar-refractivity contribution in [3.63, 3.8) is 0 Å². The fourth-order valence-corrected chi connectivity index (χ4v) is 2.66. The number of carbonyl (C=O) groups excluding carboxylic acids is 1. The number of anilines is 1. The van der Waals surface area contributed by atoms with E-state index in [9.17, 15) is 18.0 Å². The van der Waals surface area contributed by atoms with E-state index in [2.05, 4.69) is 21.2 Å². The number of alkyl halides is 3. The molecule has 0 heterocycles. The Kier molecular flexibility index (Phi) is 7.06. The number of carbonyl (C=O) groups is 1. The van der Waals surface area contributed by atoms with Gasteiger partial charge >= 0.3 is 6.18 Å². The lowest BCUT2D eigenvalue weighted by atomic mass is 10.1. The Morgan fingerprint density at radius 1 is 1.25 bits per heavy atom. The van der Waals surface area contributed by atoms with Gasteiger partial charge in [0.1, 0.15) is 6.07 Å². The second-order valence-corrected chi connectivity index (χ2v) is 6.23. The minimum absolute atomic E-state index is 0.0167. The molecule has 0 saturated carbocycles. The third-order valence-electron chi connectivity index (χ3n) is 3.45. The normalized spacial score (nSPS) is 11.1. The lowest BCUT2D eigenvalue weighted by molar-refractivity contribution is -0.138. The number of hydrogen-bond acceptors (Lipinski definition) is 4. The standard InChI is InChI=1S/C19H14BrF3N2O3/c1-27-17-10-12(2-6-16(17)28-9-8-24)3-7-18(26)25-13-4-5-15(20)14(11-13)19(21,22)23/h2-7,10-11H,9H2,1H3,(H,25,26)/b7-3+. The average Bonchev–Trinajstić information content (AvgIpc) is 2.65. The van der Waals surface area contributed by atoms with Crippen molar-refractivity contribution >= 4 is 33.6 Å². The molecule has 28 heavy (non-hydrogen) atoms. The highest BCUT2D eigenvalue weighted by Crippen LogP contribution is 2.36. The van der Waals surface area contributed by atoms with Crippen LogP contribution in [0.1, 0.15) is 11.1 Å². The number of nitrogens with zero attached hydrogens (tertiary/aromatic N) is 1. The van der Waals surface area contributed by atoms with E-state index in [0.29, 0.717) is 17.1 Å². The SMILES string of the molecule is COc1cc(/C=C/C(=O)Nc2ccc(Br)c(C(F)(F)F)c2)ccc1OCC#N. The van der Waals surface area contributed by atoms with Gasteiger partial charge < -0.3 is 14.8 Å². The van der Waals surface area contributed by atoms with E-state index in [1.807, 2.05) is 6.07 Å². The van der Waals surface area contributed by atoms with Gasteiger partial charge in [-0.15, -0.1) is 0 Å². The van der Waals surface area contributed by atoms with Gasteiger partial charge in [-0.3, -0.25) is 4.79 Å². The average molecular weight is 455 g/mol. The molecule has 5 nitrogen and oxygen atoms in total. The molecule has 0 aliphatic rings. The van der Waals surface area contributed by atoms with Crippen molar-refractivity contribution in [3.8, 4) is 17.6 Å². The molecule has 0 atom stereocenters. The molecule has 2 aromatic rings. The van der Waals surface area contributed by atoms with Crippen LogP contribution in [0.25, 0.3) is 6.08 Å². The fourth-order valence-electron chi connectivity index (χ4n) is 2.19. The van der Waals surface area contributed by atoms with Gasteiger partial charge in [-0.05, 0) is 42.0 Å². The third kappa shape index (κ3) is 5.76. The van der Waals surface area contributed by atoms with Crippen LogP contribution < -0.4 is 14.8 Å². The number of benzene rings is 2. The molecule has 0 saturated heterocycles. The first-order valence-electron chi connectivity index (χ1n) is 7.78. The Balaban J connectivity index is 2.11. The van der Waals surface area contributed by atoms with Crippen molar-refractivity contribution in [3.05, 3.63) is 58.1 Å². The molecule has 146 valence electrons. The highest BCUT2D eigenvalue weighted by molar-refractivity contribution is 9.10. The smallest absolute Gasteiger partial charge is 0.417 e. The number of nitrogens with one attached hydrogen (secondary N) is 1. The van der Waals surface area contributed by atoms with Crippen LogP contribution in [0.15, 0.2) is 46.9 Å². The number of nitriles is 1. The van der Waals surface area contributed by atoms with E-state index < -0.39 is 17.6 Å². The molecule has 2 aromatic carbocycles. The van der Waals surface area contributed by atoms with E-state index in [1.165, 1.54) is 31.4 Å². The first kappa shape index (κ1) is 21.3. The van der Waals surface area contributed by atoms with E-state index in [1.54, 1.807) is 18.2 Å². The summed E-state index contributed by atoms with van der Waals surface area (Å²) >= 11 is 2.84. The summed E-state index contributed by atoms with van der Waals surface area (Å²) in [5.41, 5.74) is -0.266. The van der Waals surface area contributed by atoms with Crippen LogP contribution in [-0.4, -0.2) is 19.6 Å². The lowest BCUT2D eigenvalue weighted by Crippen LogP contribution is -2.11. The minimum atomic E-state index is -4.54. The van der Waals surface area contributed by atoms with Gasteiger partial charge in [-0.1, -0.05) is 22.0 Å². The van der Waals surface area contributed by atoms with Gasteiger partial charge in [0.2, 0.25) is 5.91 Å². The topological polar surface area (TPSA) is 71.3 Å². The minimum Gasteiger partial charge on any atom is -0.493 e. The molecular formula is C19H14BrF3N2O3. The number of halogens is 4. The zero-order chi connectivity index (χ0) is 20.7. The van der Waals surface area contributed by atoms with Gasteiger partial charge in [0.05, 0.1) is 12.7 Å². The van der Waals surface area contributed by atoms with E-state index >= 15 is 0 Å². The van der Waals surface area contributed by atoms with Gasteiger partial charge in [-0.25, -0.2) is 0 Å². The summed E-state index contributed by atoms with van der Waals surface area (Å²) in [6, 6.07) is 10.1. The summed E-state index contributed by atoms with van der Waals surface area (Å²) in [6.07, 6.45) is -1.89.